The molecule has 2 N–H and O–H groups in total. The Labute approximate surface area is 205 Å². The first kappa shape index (κ1) is 24.0. The predicted molar refractivity (Wildman–Crippen MR) is 129 cm³/mol. The number of esters is 1. The number of para-hydroxylation sites is 2. The molecule has 0 saturated heterocycles. The maximum atomic E-state index is 13.3. The van der Waals surface area contributed by atoms with Crippen LogP contribution in [0.4, 0.5) is 11.4 Å². The summed E-state index contributed by atoms with van der Waals surface area (Å²) in [6, 6.07) is 13.2. The van der Waals surface area contributed by atoms with Crippen molar-refractivity contribution in [3.63, 3.8) is 0 Å². The highest BCUT2D eigenvalue weighted by Crippen LogP contribution is 2.40. The minimum absolute atomic E-state index is 0.00339. The summed E-state index contributed by atoms with van der Waals surface area (Å²) in [6.45, 7) is 0. The summed E-state index contributed by atoms with van der Waals surface area (Å²) in [5.41, 5.74) is 4.59. The third-order valence-corrected chi connectivity index (χ3v) is 6.65. The van der Waals surface area contributed by atoms with Gasteiger partial charge in [0.05, 0.1) is 50.2 Å². The van der Waals surface area contributed by atoms with Gasteiger partial charge in [-0.1, -0.05) is 30.3 Å². The molecule has 0 radical (unpaired) electrons. The summed E-state index contributed by atoms with van der Waals surface area (Å²) in [5, 5.41) is 33.1. The number of methoxy groups -OCH3 is 1. The molecule has 13 heteroatoms. The van der Waals surface area contributed by atoms with Crippen molar-refractivity contribution in [2.75, 3.05) is 7.11 Å². The molecule has 0 aliphatic carbocycles. The summed E-state index contributed by atoms with van der Waals surface area (Å²) < 4.78 is 5.85. The number of carbonyl (C=O) groups is 1. The van der Waals surface area contributed by atoms with Crippen molar-refractivity contribution >= 4 is 46.2 Å². The molecule has 180 valence electrons. The largest absolute Gasteiger partial charge is 0.466 e. The predicted octanol–water partition coefficient (Wildman–Crippen LogP) is 1.33. The van der Waals surface area contributed by atoms with Crippen molar-refractivity contribution in [2.45, 2.75) is 5.92 Å². The molecule has 1 aliphatic rings. The number of aromatic nitrogens is 1. The quantitative estimate of drug-likeness (QED) is 0.303. The van der Waals surface area contributed by atoms with Crippen molar-refractivity contribution in [1.29, 1.82) is 5.26 Å². The Bertz CT molecular complexity index is 1710. The molecule has 36 heavy (non-hydrogen) atoms. The van der Waals surface area contributed by atoms with Crippen LogP contribution in [0.15, 0.2) is 58.9 Å². The Morgan fingerprint density at radius 3 is 2.36 bits per heavy atom. The van der Waals surface area contributed by atoms with Crippen LogP contribution in [0.2, 0.25) is 0 Å². The van der Waals surface area contributed by atoms with Crippen molar-refractivity contribution in [1.82, 2.24) is 4.57 Å². The fraction of sp³-hybridized carbons (Fsp3) is 0.0870. The molecular formula is C23H15N5O7S. The number of ether oxygens (including phenoxy) is 1. The number of carbonyl (C=O) groups excluding carboxylic acids is 1. The molecule has 0 fully saturated rings. The molecule has 1 aliphatic heterocycles. The van der Waals surface area contributed by atoms with Crippen molar-refractivity contribution in [3.8, 4) is 6.07 Å². The van der Waals surface area contributed by atoms with E-state index < -0.39 is 27.3 Å². The van der Waals surface area contributed by atoms with E-state index in [-0.39, 0.29) is 48.7 Å². The second kappa shape index (κ2) is 9.28. The molecular weight excluding hydrogens is 490 g/mol. The lowest BCUT2D eigenvalue weighted by Gasteiger charge is -2.24. The highest BCUT2D eigenvalue weighted by molar-refractivity contribution is 7.07. The van der Waals surface area contributed by atoms with Gasteiger partial charge in [-0.25, -0.2) is 4.79 Å². The molecule has 0 saturated carbocycles. The Kier molecular flexibility index (Phi) is 6.20. The highest BCUT2D eigenvalue weighted by Gasteiger charge is 2.39. The van der Waals surface area contributed by atoms with Gasteiger partial charge < -0.3 is 10.5 Å². The standard InChI is InChI=1S/C23H15N5O7S/c1-35-23(30)19-18(13-7-3-5-9-16(13)28(33)34)14(11-24)20(25)26-21(29)17(36-22(19)26)10-12-6-2-4-8-15(12)27(31)32/h2-10,18H,25H2,1H3. The van der Waals surface area contributed by atoms with Crippen LogP contribution in [0, 0.1) is 31.6 Å². The van der Waals surface area contributed by atoms with Gasteiger partial charge in [0.2, 0.25) is 0 Å². The van der Waals surface area contributed by atoms with E-state index in [4.69, 9.17) is 10.5 Å². The third-order valence-electron chi connectivity index (χ3n) is 5.54. The van der Waals surface area contributed by atoms with Crippen LogP contribution in [-0.4, -0.2) is 27.5 Å². The van der Waals surface area contributed by atoms with Crippen LogP contribution < -0.4 is 20.5 Å². The number of nitriles is 1. The number of nitro benzene ring substituents is 2. The summed E-state index contributed by atoms with van der Waals surface area (Å²) in [7, 11) is 1.09. The van der Waals surface area contributed by atoms with Crippen molar-refractivity contribution in [2.24, 2.45) is 5.73 Å². The SMILES string of the molecule is COC(=O)C1=c2sc(=Cc3ccccc3[N+](=O)[O-])c(=O)n2C(N)=C(C#N)C1c1ccccc1[N+](=O)[O-]. The lowest BCUT2D eigenvalue weighted by Crippen LogP contribution is -2.40. The molecule has 0 amide bonds. The minimum atomic E-state index is -1.29. The van der Waals surface area contributed by atoms with E-state index in [1.54, 1.807) is 6.07 Å². The number of nitro groups is 2. The highest BCUT2D eigenvalue weighted by atomic mass is 32.1. The number of hydrogen-bond acceptors (Lipinski definition) is 10. The second-order valence-corrected chi connectivity index (χ2v) is 8.47. The molecule has 3 aromatic rings. The summed E-state index contributed by atoms with van der Waals surface area (Å²) in [5.74, 6) is -2.53. The number of nitrogens with two attached hydrogens (primary N) is 1. The van der Waals surface area contributed by atoms with Crippen LogP contribution in [-0.2, 0) is 9.53 Å². The average Bonchev–Trinajstić information content (AvgIpc) is 3.19. The Hall–Kier alpha value is -5.09. The molecule has 1 unspecified atom stereocenters. The van der Waals surface area contributed by atoms with Gasteiger partial charge in [-0.2, -0.15) is 5.26 Å². The van der Waals surface area contributed by atoms with Crippen molar-refractivity contribution < 1.29 is 19.4 Å². The topological polar surface area (TPSA) is 184 Å². The van der Waals surface area contributed by atoms with E-state index in [0.717, 1.165) is 23.0 Å². The van der Waals surface area contributed by atoms with Crippen LogP contribution in [0.3, 0.4) is 0 Å². The maximum absolute atomic E-state index is 13.3. The first-order valence-electron chi connectivity index (χ1n) is 10.1. The summed E-state index contributed by atoms with van der Waals surface area (Å²) in [6.07, 6.45) is 1.28. The van der Waals surface area contributed by atoms with Gasteiger partial charge in [-0.3, -0.25) is 29.6 Å². The monoisotopic (exact) mass is 505 g/mol. The van der Waals surface area contributed by atoms with E-state index in [1.807, 2.05) is 6.07 Å². The Morgan fingerprint density at radius 1 is 1.14 bits per heavy atom. The van der Waals surface area contributed by atoms with Gasteiger partial charge in [-0.05, 0) is 12.1 Å². The number of fused-ring (bicyclic) bond motifs is 1. The molecule has 4 rings (SSSR count). The number of thiazole rings is 1. The number of benzene rings is 2. The Morgan fingerprint density at radius 2 is 1.75 bits per heavy atom. The molecule has 1 aromatic heterocycles. The fourth-order valence-electron chi connectivity index (χ4n) is 3.98. The maximum Gasteiger partial charge on any atom is 0.337 e. The molecule has 2 heterocycles. The van der Waals surface area contributed by atoms with Gasteiger partial charge in [0, 0.05) is 17.7 Å². The number of nitrogens with zero attached hydrogens (tertiary/aromatic N) is 4. The second-order valence-electron chi connectivity index (χ2n) is 7.44. The van der Waals surface area contributed by atoms with Gasteiger partial charge >= 0.3 is 5.97 Å². The van der Waals surface area contributed by atoms with Crippen LogP contribution in [0.1, 0.15) is 17.0 Å². The Balaban J connectivity index is 2.15. The first-order valence-corrected chi connectivity index (χ1v) is 11.0. The summed E-state index contributed by atoms with van der Waals surface area (Å²) in [4.78, 5) is 48.2. The minimum Gasteiger partial charge on any atom is -0.466 e. The number of rotatable bonds is 5. The van der Waals surface area contributed by atoms with Crippen LogP contribution in [0.25, 0.3) is 17.5 Å². The molecule has 0 spiro atoms. The molecule has 1 atom stereocenters. The van der Waals surface area contributed by atoms with E-state index in [2.05, 4.69) is 0 Å². The van der Waals surface area contributed by atoms with Gasteiger partial charge in [0.15, 0.2) is 0 Å². The lowest BCUT2D eigenvalue weighted by atomic mass is 9.83. The van der Waals surface area contributed by atoms with E-state index >= 15 is 0 Å². The molecule has 0 bridgehead atoms. The fourth-order valence-corrected chi connectivity index (χ4v) is 5.14. The van der Waals surface area contributed by atoms with Gasteiger partial charge in [0.1, 0.15) is 10.5 Å². The smallest absolute Gasteiger partial charge is 0.337 e. The zero-order chi connectivity index (χ0) is 26.1. The van der Waals surface area contributed by atoms with Crippen molar-refractivity contribution in [3.05, 3.63) is 105 Å². The van der Waals surface area contributed by atoms with Gasteiger partial charge in [-0.15, -0.1) is 11.3 Å². The van der Waals surface area contributed by atoms with E-state index in [0.29, 0.717) is 0 Å². The van der Waals surface area contributed by atoms with Crippen LogP contribution in [0.5, 0.6) is 0 Å². The van der Waals surface area contributed by atoms with Crippen LogP contribution >= 0.6 is 11.3 Å². The number of hydrogen-bond donors (Lipinski definition) is 1. The van der Waals surface area contributed by atoms with E-state index in [1.165, 1.54) is 48.5 Å². The lowest BCUT2D eigenvalue weighted by molar-refractivity contribution is -0.385. The van der Waals surface area contributed by atoms with Gasteiger partial charge in [0.25, 0.3) is 16.9 Å². The summed E-state index contributed by atoms with van der Waals surface area (Å²) >= 11 is 0.799. The normalized spacial score (nSPS) is 15.3. The zero-order valence-electron chi connectivity index (χ0n) is 18.4. The van der Waals surface area contributed by atoms with E-state index in [9.17, 15) is 35.1 Å². The molecule has 12 nitrogen and oxygen atoms in total. The molecule has 2 aromatic carbocycles. The average molecular weight is 505 g/mol. The third kappa shape index (κ3) is 3.81. The first-order chi connectivity index (χ1) is 17.2. The zero-order valence-corrected chi connectivity index (χ0v) is 19.2. The number of allylic oxidation sites excluding steroid dienone is 1.